The van der Waals surface area contributed by atoms with Crippen molar-refractivity contribution in [1.82, 2.24) is 9.80 Å². The number of hydrogen-bond donors (Lipinski definition) is 1. The Bertz CT molecular complexity index is 988. The van der Waals surface area contributed by atoms with Crippen molar-refractivity contribution in [3.8, 4) is 0 Å². The van der Waals surface area contributed by atoms with E-state index in [-0.39, 0.29) is 12.1 Å². The van der Waals surface area contributed by atoms with Gasteiger partial charge in [0.1, 0.15) is 0 Å². The Morgan fingerprint density at radius 2 is 1.59 bits per heavy atom. The molecule has 1 heterocycles. The molecule has 0 saturated carbocycles. The highest BCUT2D eigenvalue weighted by Crippen LogP contribution is 2.23. The number of urea groups is 1. The lowest BCUT2D eigenvalue weighted by Gasteiger charge is -2.38. The summed E-state index contributed by atoms with van der Waals surface area (Å²) in [4.78, 5) is 19.0. The van der Waals surface area contributed by atoms with Crippen molar-refractivity contribution in [3.63, 3.8) is 0 Å². The number of carbonyl (C=O) groups is 1. The fourth-order valence-electron chi connectivity index (χ4n) is 4.27. The minimum Gasteiger partial charge on any atom is -0.317 e. The molecule has 1 aliphatic rings. The van der Waals surface area contributed by atoms with Crippen molar-refractivity contribution >= 4 is 23.5 Å². The summed E-state index contributed by atoms with van der Waals surface area (Å²) in [6, 6.07) is 29.2. The van der Waals surface area contributed by atoms with Gasteiger partial charge in [0, 0.05) is 42.8 Å². The van der Waals surface area contributed by atoms with E-state index in [1.807, 2.05) is 47.6 Å². The summed E-state index contributed by atoms with van der Waals surface area (Å²) < 4.78 is 0. The molecule has 0 radical (unpaired) electrons. The van der Waals surface area contributed by atoms with Gasteiger partial charge in [0.2, 0.25) is 0 Å². The van der Waals surface area contributed by atoms with E-state index in [4.69, 9.17) is 0 Å². The molecule has 1 aliphatic heterocycles. The molecule has 3 aromatic rings. The Labute approximate surface area is 195 Å². The average molecular weight is 446 g/mol. The first-order chi connectivity index (χ1) is 15.7. The third-order valence-electron chi connectivity index (χ3n) is 6.02. The minimum absolute atomic E-state index is 0.0198. The van der Waals surface area contributed by atoms with E-state index in [0.29, 0.717) is 6.54 Å². The van der Waals surface area contributed by atoms with Crippen LogP contribution in [0.25, 0.3) is 0 Å². The highest BCUT2D eigenvalue weighted by Gasteiger charge is 2.28. The maximum Gasteiger partial charge on any atom is 0.322 e. The zero-order chi connectivity index (χ0) is 22.2. The van der Waals surface area contributed by atoms with Crippen LogP contribution in [-0.2, 0) is 13.1 Å². The number of carbonyl (C=O) groups excluding carboxylic acids is 1. The second-order valence-corrected chi connectivity index (χ2v) is 9.15. The fraction of sp³-hybridized carbons (Fsp3) is 0.296. The molecule has 2 amide bonds. The second-order valence-electron chi connectivity index (χ2n) is 8.27. The summed E-state index contributed by atoms with van der Waals surface area (Å²) in [5.74, 6) is 0. The van der Waals surface area contributed by atoms with Crippen molar-refractivity contribution in [3.05, 3.63) is 96.1 Å². The predicted octanol–water partition coefficient (Wildman–Crippen LogP) is 6.11. The molecule has 1 N–H and O–H groups in total. The standard InChI is InChI=1S/C27H31N3OS/c1-32-26-14-8-13-24(19-26)28-27(31)30(21-23-11-6-3-7-12-23)25-15-17-29(18-16-25)20-22-9-4-2-5-10-22/h2-14,19,25H,15-18,20-21H2,1H3,(H,28,31). The molecule has 5 heteroatoms. The first-order valence-electron chi connectivity index (χ1n) is 11.2. The van der Waals surface area contributed by atoms with Crippen LogP contribution in [-0.4, -0.2) is 41.2 Å². The van der Waals surface area contributed by atoms with Gasteiger partial charge < -0.3 is 10.2 Å². The van der Waals surface area contributed by atoms with Crippen LogP contribution in [0.2, 0.25) is 0 Å². The number of nitrogens with one attached hydrogen (secondary N) is 1. The monoisotopic (exact) mass is 445 g/mol. The molecule has 1 saturated heterocycles. The summed E-state index contributed by atoms with van der Waals surface area (Å²) in [7, 11) is 0. The summed E-state index contributed by atoms with van der Waals surface area (Å²) >= 11 is 1.68. The summed E-state index contributed by atoms with van der Waals surface area (Å²) in [6.07, 6.45) is 4.02. The van der Waals surface area contributed by atoms with Gasteiger partial charge in [-0.1, -0.05) is 66.7 Å². The maximum atomic E-state index is 13.4. The molecule has 0 atom stereocenters. The van der Waals surface area contributed by atoms with Crippen LogP contribution in [0, 0.1) is 0 Å². The number of piperidine rings is 1. The maximum absolute atomic E-state index is 13.4. The van der Waals surface area contributed by atoms with Gasteiger partial charge in [0.25, 0.3) is 0 Å². The zero-order valence-corrected chi connectivity index (χ0v) is 19.4. The first-order valence-corrected chi connectivity index (χ1v) is 12.5. The predicted molar refractivity (Wildman–Crippen MR) is 134 cm³/mol. The topological polar surface area (TPSA) is 35.6 Å². The first kappa shape index (κ1) is 22.4. The van der Waals surface area contributed by atoms with E-state index in [0.717, 1.165) is 48.6 Å². The van der Waals surface area contributed by atoms with Gasteiger partial charge in [0.15, 0.2) is 0 Å². The third kappa shape index (κ3) is 6.15. The van der Waals surface area contributed by atoms with Crippen LogP contribution in [0.5, 0.6) is 0 Å². The van der Waals surface area contributed by atoms with Crippen LogP contribution in [0.1, 0.15) is 24.0 Å². The molecule has 0 aliphatic carbocycles. The van der Waals surface area contributed by atoms with E-state index < -0.39 is 0 Å². The van der Waals surface area contributed by atoms with Crippen LogP contribution in [0.15, 0.2) is 89.8 Å². The van der Waals surface area contributed by atoms with E-state index in [9.17, 15) is 4.79 Å². The Hall–Kier alpha value is -2.76. The SMILES string of the molecule is CSc1cccc(NC(=O)N(Cc2ccccc2)C2CCN(Cc3ccccc3)CC2)c1. The van der Waals surface area contributed by atoms with Gasteiger partial charge in [-0.3, -0.25) is 4.90 Å². The number of hydrogen-bond acceptors (Lipinski definition) is 3. The Morgan fingerprint density at radius 3 is 2.25 bits per heavy atom. The number of thioether (sulfide) groups is 1. The number of rotatable bonds is 7. The molecule has 32 heavy (non-hydrogen) atoms. The van der Waals surface area contributed by atoms with Gasteiger partial charge in [-0.15, -0.1) is 11.8 Å². The largest absolute Gasteiger partial charge is 0.322 e. The smallest absolute Gasteiger partial charge is 0.317 e. The van der Waals surface area contributed by atoms with Gasteiger partial charge in [-0.25, -0.2) is 4.79 Å². The molecule has 166 valence electrons. The molecule has 0 spiro atoms. The highest BCUT2D eigenvalue weighted by molar-refractivity contribution is 7.98. The Kier molecular flexibility index (Phi) is 7.86. The van der Waals surface area contributed by atoms with Gasteiger partial charge in [-0.2, -0.15) is 0 Å². The molecule has 4 rings (SSSR count). The van der Waals surface area contributed by atoms with Crippen LogP contribution in [0.3, 0.4) is 0 Å². The molecule has 3 aromatic carbocycles. The van der Waals surface area contributed by atoms with Gasteiger partial charge >= 0.3 is 6.03 Å². The van der Waals surface area contributed by atoms with E-state index in [1.165, 1.54) is 5.56 Å². The normalized spacial score (nSPS) is 14.8. The van der Waals surface area contributed by atoms with Crippen molar-refractivity contribution in [1.29, 1.82) is 0 Å². The summed E-state index contributed by atoms with van der Waals surface area (Å²) in [5, 5.41) is 3.15. The van der Waals surface area contributed by atoms with Gasteiger partial charge in [0.05, 0.1) is 0 Å². The zero-order valence-electron chi connectivity index (χ0n) is 18.6. The Morgan fingerprint density at radius 1 is 0.938 bits per heavy atom. The third-order valence-corrected chi connectivity index (χ3v) is 6.75. The molecule has 0 unspecified atom stereocenters. The lowest BCUT2D eigenvalue weighted by atomic mass is 10.0. The molecule has 4 nitrogen and oxygen atoms in total. The van der Waals surface area contributed by atoms with Crippen LogP contribution in [0.4, 0.5) is 10.5 Å². The second kappa shape index (κ2) is 11.2. The number of likely N-dealkylation sites (tertiary alicyclic amines) is 1. The minimum atomic E-state index is -0.0198. The van der Waals surface area contributed by atoms with E-state index in [1.54, 1.807) is 11.8 Å². The van der Waals surface area contributed by atoms with Crippen molar-refractivity contribution < 1.29 is 4.79 Å². The molecule has 0 aromatic heterocycles. The van der Waals surface area contributed by atoms with E-state index >= 15 is 0 Å². The molecule has 1 fully saturated rings. The number of amides is 2. The van der Waals surface area contributed by atoms with Crippen LogP contribution < -0.4 is 5.32 Å². The lowest BCUT2D eigenvalue weighted by molar-refractivity contribution is 0.120. The number of anilines is 1. The number of benzene rings is 3. The van der Waals surface area contributed by atoms with Gasteiger partial charge in [-0.05, 0) is 48.4 Å². The van der Waals surface area contributed by atoms with Crippen molar-refractivity contribution in [2.24, 2.45) is 0 Å². The molecular weight excluding hydrogens is 414 g/mol. The quantitative estimate of drug-likeness (QED) is 0.446. The van der Waals surface area contributed by atoms with E-state index in [2.05, 4.69) is 58.7 Å². The number of nitrogens with zero attached hydrogens (tertiary/aromatic N) is 2. The average Bonchev–Trinajstić information content (AvgIpc) is 2.84. The van der Waals surface area contributed by atoms with Crippen molar-refractivity contribution in [2.45, 2.75) is 36.9 Å². The fourth-order valence-corrected chi connectivity index (χ4v) is 4.73. The molecule has 0 bridgehead atoms. The summed E-state index contributed by atoms with van der Waals surface area (Å²) in [6.45, 7) is 3.60. The summed E-state index contributed by atoms with van der Waals surface area (Å²) in [5.41, 5.74) is 3.35. The molecular formula is C27H31N3OS. The van der Waals surface area contributed by atoms with Crippen molar-refractivity contribution in [2.75, 3.05) is 24.7 Å². The highest BCUT2D eigenvalue weighted by atomic mass is 32.2. The Balaban J connectivity index is 1.44. The van der Waals surface area contributed by atoms with Crippen LogP contribution >= 0.6 is 11.8 Å². The lowest BCUT2D eigenvalue weighted by Crippen LogP contribution is -2.48.